The molecule has 0 fully saturated rings. The lowest BCUT2D eigenvalue weighted by molar-refractivity contribution is 0.102. The lowest BCUT2D eigenvalue weighted by atomic mass is 10.1. The first-order valence-corrected chi connectivity index (χ1v) is 5.86. The van der Waals surface area contributed by atoms with Crippen LogP contribution in [0.1, 0.15) is 16.2 Å². The molecule has 0 bridgehead atoms. The van der Waals surface area contributed by atoms with Crippen LogP contribution in [0.2, 0.25) is 0 Å². The summed E-state index contributed by atoms with van der Waals surface area (Å²) in [4.78, 5) is 16.1. The molecule has 0 atom stereocenters. The normalized spacial score (nSPS) is 10.0. The first-order valence-electron chi connectivity index (χ1n) is 5.09. The number of hydrogen-bond acceptors (Lipinski definition) is 5. The van der Waals surface area contributed by atoms with Crippen molar-refractivity contribution in [2.45, 2.75) is 6.92 Å². The zero-order valence-corrected chi connectivity index (χ0v) is 10.3. The lowest BCUT2D eigenvalue weighted by Crippen LogP contribution is -2.13. The van der Waals surface area contributed by atoms with Gasteiger partial charge in [0.15, 0.2) is 0 Å². The van der Waals surface area contributed by atoms with Crippen molar-refractivity contribution in [3.8, 4) is 0 Å². The molecule has 0 saturated carbocycles. The molecule has 0 spiro atoms. The number of nitrogens with one attached hydrogen (secondary N) is 2. The number of aromatic nitrogens is 2. The van der Waals surface area contributed by atoms with Gasteiger partial charge in [0.05, 0.1) is 5.56 Å². The van der Waals surface area contributed by atoms with E-state index >= 15 is 0 Å². The van der Waals surface area contributed by atoms with Gasteiger partial charge < -0.3 is 5.32 Å². The maximum atomic E-state index is 12.0. The van der Waals surface area contributed by atoms with Crippen LogP contribution >= 0.6 is 11.5 Å². The molecule has 1 amide bonds. The average molecular weight is 248 g/mol. The maximum absolute atomic E-state index is 12.0. The number of benzene rings is 1. The SMILES string of the molecule is CNc1ccccc1C(=O)Nc1nc(C)ns1. The van der Waals surface area contributed by atoms with Crippen LogP contribution in [-0.4, -0.2) is 22.3 Å². The van der Waals surface area contributed by atoms with Gasteiger partial charge in [-0.25, -0.2) is 4.98 Å². The van der Waals surface area contributed by atoms with E-state index < -0.39 is 0 Å². The molecule has 17 heavy (non-hydrogen) atoms. The summed E-state index contributed by atoms with van der Waals surface area (Å²) in [5, 5.41) is 6.21. The highest BCUT2D eigenvalue weighted by Crippen LogP contribution is 2.17. The molecule has 6 heteroatoms. The quantitative estimate of drug-likeness (QED) is 0.873. The first kappa shape index (κ1) is 11.5. The molecule has 2 rings (SSSR count). The number of hydrogen-bond donors (Lipinski definition) is 2. The zero-order valence-electron chi connectivity index (χ0n) is 9.52. The van der Waals surface area contributed by atoms with Crippen LogP contribution < -0.4 is 10.6 Å². The molecular weight excluding hydrogens is 236 g/mol. The van der Waals surface area contributed by atoms with E-state index in [1.165, 1.54) is 11.5 Å². The number of carbonyl (C=O) groups is 1. The molecule has 0 aliphatic carbocycles. The van der Waals surface area contributed by atoms with Gasteiger partial charge in [0.2, 0.25) is 5.13 Å². The second kappa shape index (κ2) is 4.92. The Kier molecular flexibility index (Phi) is 3.34. The summed E-state index contributed by atoms with van der Waals surface area (Å²) < 4.78 is 4.01. The average Bonchev–Trinajstić information content (AvgIpc) is 2.74. The minimum Gasteiger partial charge on any atom is -0.387 e. The van der Waals surface area contributed by atoms with Gasteiger partial charge in [-0.1, -0.05) is 12.1 Å². The number of aryl methyl sites for hydroxylation is 1. The molecule has 1 aromatic heterocycles. The second-order valence-corrected chi connectivity index (χ2v) is 4.15. The third kappa shape index (κ3) is 2.59. The topological polar surface area (TPSA) is 66.9 Å². The molecule has 0 aliphatic rings. The van der Waals surface area contributed by atoms with Crippen LogP contribution in [0.15, 0.2) is 24.3 Å². The summed E-state index contributed by atoms with van der Waals surface area (Å²) in [7, 11) is 1.78. The van der Waals surface area contributed by atoms with Gasteiger partial charge in [-0.3, -0.25) is 10.1 Å². The van der Waals surface area contributed by atoms with Crippen LogP contribution in [0, 0.1) is 6.92 Å². The summed E-state index contributed by atoms with van der Waals surface area (Å²) >= 11 is 1.17. The van der Waals surface area contributed by atoms with Gasteiger partial charge in [-0.15, -0.1) is 0 Å². The fourth-order valence-electron chi connectivity index (χ4n) is 1.41. The lowest BCUT2D eigenvalue weighted by Gasteiger charge is -2.07. The van der Waals surface area contributed by atoms with Crippen molar-refractivity contribution in [2.24, 2.45) is 0 Å². The second-order valence-electron chi connectivity index (χ2n) is 3.40. The predicted molar refractivity (Wildman–Crippen MR) is 68.6 cm³/mol. The molecule has 2 aromatic rings. The molecule has 88 valence electrons. The minimum atomic E-state index is -0.189. The van der Waals surface area contributed by atoms with E-state index in [2.05, 4.69) is 20.0 Å². The largest absolute Gasteiger partial charge is 0.387 e. The third-order valence-corrected chi connectivity index (χ3v) is 2.91. The summed E-state index contributed by atoms with van der Waals surface area (Å²) in [5.41, 5.74) is 1.37. The Morgan fingerprint density at radius 3 is 2.76 bits per heavy atom. The van der Waals surface area contributed by atoms with E-state index in [4.69, 9.17) is 0 Å². The number of amides is 1. The van der Waals surface area contributed by atoms with Crippen molar-refractivity contribution in [3.63, 3.8) is 0 Å². The standard InChI is InChI=1S/C11H12N4OS/c1-7-13-11(17-15-7)14-10(16)8-5-3-4-6-9(8)12-2/h3-6,12H,1-2H3,(H,13,14,15,16). The van der Waals surface area contributed by atoms with Crippen molar-refractivity contribution in [1.29, 1.82) is 0 Å². The highest BCUT2D eigenvalue weighted by Gasteiger charge is 2.11. The number of carbonyl (C=O) groups excluding carboxylic acids is 1. The fourth-order valence-corrected chi connectivity index (χ4v) is 1.98. The predicted octanol–water partition coefficient (Wildman–Crippen LogP) is 2.14. The Labute approximate surface area is 103 Å². The van der Waals surface area contributed by atoms with Crippen molar-refractivity contribution < 1.29 is 4.79 Å². The summed E-state index contributed by atoms with van der Waals surface area (Å²) in [6, 6.07) is 7.30. The van der Waals surface area contributed by atoms with Crippen LogP contribution in [-0.2, 0) is 0 Å². The molecule has 1 heterocycles. The van der Waals surface area contributed by atoms with Crippen LogP contribution in [0.25, 0.3) is 0 Å². The van der Waals surface area contributed by atoms with E-state index in [9.17, 15) is 4.79 Å². The number of para-hydroxylation sites is 1. The van der Waals surface area contributed by atoms with Gasteiger partial charge in [0.1, 0.15) is 5.82 Å². The van der Waals surface area contributed by atoms with E-state index in [0.29, 0.717) is 16.5 Å². The molecule has 0 unspecified atom stereocenters. The Morgan fingerprint density at radius 1 is 1.35 bits per heavy atom. The fraction of sp³-hybridized carbons (Fsp3) is 0.182. The van der Waals surface area contributed by atoms with E-state index in [-0.39, 0.29) is 5.91 Å². The smallest absolute Gasteiger partial charge is 0.259 e. The summed E-state index contributed by atoms with van der Waals surface area (Å²) in [6.07, 6.45) is 0. The van der Waals surface area contributed by atoms with Crippen molar-refractivity contribution >= 4 is 28.3 Å². The molecule has 2 N–H and O–H groups in total. The molecule has 0 saturated heterocycles. The Morgan fingerprint density at radius 2 is 2.12 bits per heavy atom. The highest BCUT2D eigenvalue weighted by atomic mass is 32.1. The van der Waals surface area contributed by atoms with E-state index in [1.54, 1.807) is 20.0 Å². The first-order chi connectivity index (χ1) is 8.20. The summed E-state index contributed by atoms with van der Waals surface area (Å²) in [6.45, 7) is 1.79. The van der Waals surface area contributed by atoms with Gasteiger partial charge in [-0.2, -0.15) is 4.37 Å². The molecule has 5 nitrogen and oxygen atoms in total. The van der Waals surface area contributed by atoms with Gasteiger partial charge in [0.25, 0.3) is 5.91 Å². The minimum absolute atomic E-state index is 0.189. The number of anilines is 2. The van der Waals surface area contributed by atoms with Crippen LogP contribution in [0.4, 0.5) is 10.8 Å². The monoisotopic (exact) mass is 248 g/mol. The van der Waals surface area contributed by atoms with Crippen LogP contribution in [0.5, 0.6) is 0 Å². The highest BCUT2D eigenvalue weighted by molar-refractivity contribution is 7.09. The van der Waals surface area contributed by atoms with E-state index in [0.717, 1.165) is 5.69 Å². The van der Waals surface area contributed by atoms with Crippen molar-refractivity contribution in [1.82, 2.24) is 9.36 Å². The molecule has 1 aromatic carbocycles. The third-order valence-electron chi connectivity index (χ3n) is 2.19. The maximum Gasteiger partial charge on any atom is 0.259 e. The van der Waals surface area contributed by atoms with Crippen molar-refractivity contribution in [2.75, 3.05) is 17.7 Å². The van der Waals surface area contributed by atoms with E-state index in [1.807, 2.05) is 18.2 Å². The van der Waals surface area contributed by atoms with Crippen LogP contribution in [0.3, 0.4) is 0 Å². The Bertz CT molecular complexity index is 538. The van der Waals surface area contributed by atoms with Gasteiger partial charge in [-0.05, 0) is 19.1 Å². The number of nitrogens with zero attached hydrogens (tertiary/aromatic N) is 2. The zero-order chi connectivity index (χ0) is 12.3. The number of rotatable bonds is 3. The summed E-state index contributed by atoms with van der Waals surface area (Å²) in [5.74, 6) is 0.471. The molecular formula is C11H12N4OS. The van der Waals surface area contributed by atoms with Crippen molar-refractivity contribution in [3.05, 3.63) is 35.7 Å². The Balaban J connectivity index is 2.20. The molecule has 0 aliphatic heterocycles. The van der Waals surface area contributed by atoms with Gasteiger partial charge >= 0.3 is 0 Å². The van der Waals surface area contributed by atoms with Gasteiger partial charge in [0, 0.05) is 24.3 Å². The molecule has 0 radical (unpaired) electrons. The Hall–Kier alpha value is -1.95.